The monoisotopic (exact) mass is 718 g/mol. The van der Waals surface area contributed by atoms with Crippen molar-refractivity contribution >= 4 is 44.9 Å². The maximum Gasteiger partial charge on any atom is 0.0497 e. The Kier molecular flexibility index (Phi) is 6.33. The number of anilines is 6. The van der Waals surface area contributed by atoms with Crippen LogP contribution in [-0.2, 0) is 23.7 Å². The molecule has 0 saturated heterocycles. The lowest BCUT2D eigenvalue weighted by molar-refractivity contribution is 0.633. The van der Waals surface area contributed by atoms with Crippen molar-refractivity contribution < 1.29 is 0 Å². The number of fused-ring (bicyclic) bond motifs is 8. The summed E-state index contributed by atoms with van der Waals surface area (Å²) in [6.45, 7) is 9.73. The summed E-state index contributed by atoms with van der Waals surface area (Å²) in [6, 6.07) is 59.8. The first kappa shape index (κ1) is 31.9. The molecule has 0 amide bonds. The van der Waals surface area contributed by atoms with E-state index in [0.29, 0.717) is 0 Å². The van der Waals surface area contributed by atoms with Crippen LogP contribution in [0.25, 0.3) is 33.0 Å². The molecule has 2 heteroatoms. The highest BCUT2D eigenvalue weighted by Gasteiger charge is 2.40. The maximum atomic E-state index is 2.48. The maximum absolute atomic E-state index is 2.48. The minimum Gasteiger partial charge on any atom is -0.310 e. The van der Waals surface area contributed by atoms with Crippen LogP contribution in [0.1, 0.15) is 72.2 Å². The van der Waals surface area contributed by atoms with Crippen LogP contribution in [0, 0.1) is 0 Å². The molecular formula is C54H42N2. The van der Waals surface area contributed by atoms with Gasteiger partial charge in [0.05, 0.1) is 0 Å². The predicted octanol–water partition coefficient (Wildman–Crippen LogP) is 14.2. The molecule has 2 aliphatic heterocycles. The van der Waals surface area contributed by atoms with Crippen LogP contribution in [-0.4, -0.2) is 0 Å². The van der Waals surface area contributed by atoms with Crippen LogP contribution in [0.5, 0.6) is 0 Å². The van der Waals surface area contributed by atoms with Gasteiger partial charge in [-0.3, -0.25) is 0 Å². The van der Waals surface area contributed by atoms with Gasteiger partial charge in [-0.15, -0.1) is 0 Å². The van der Waals surface area contributed by atoms with E-state index in [1.807, 2.05) is 0 Å². The SMILES string of the molecule is CC1(C)c2cc(N3c4ccccc4Cc4ccccc43)ccc2-c2ccc3c4c(ccc1c24)C(C)(C)c1cc(N2c4ccccc4Cc4ccccc42)ccc1-3. The summed E-state index contributed by atoms with van der Waals surface area (Å²) >= 11 is 0. The van der Waals surface area contributed by atoms with Crippen molar-refractivity contribution in [3.05, 3.63) is 202 Å². The van der Waals surface area contributed by atoms with E-state index >= 15 is 0 Å². The number of hydrogen-bond acceptors (Lipinski definition) is 2. The van der Waals surface area contributed by atoms with Gasteiger partial charge in [-0.1, -0.05) is 137 Å². The summed E-state index contributed by atoms with van der Waals surface area (Å²) < 4.78 is 0. The number of nitrogens with zero attached hydrogens (tertiary/aromatic N) is 2. The van der Waals surface area contributed by atoms with Crippen molar-refractivity contribution in [2.24, 2.45) is 0 Å². The van der Waals surface area contributed by atoms with E-state index in [1.165, 1.54) is 112 Å². The molecule has 0 atom stereocenters. The van der Waals surface area contributed by atoms with Crippen LogP contribution in [0.2, 0.25) is 0 Å². The van der Waals surface area contributed by atoms with E-state index in [4.69, 9.17) is 0 Å². The summed E-state index contributed by atoms with van der Waals surface area (Å²) in [5.74, 6) is 0. The number of rotatable bonds is 2. The fraction of sp³-hybridized carbons (Fsp3) is 0.148. The van der Waals surface area contributed by atoms with E-state index in [-0.39, 0.29) is 10.8 Å². The average Bonchev–Trinajstić information content (AvgIpc) is 3.23. The molecule has 56 heavy (non-hydrogen) atoms. The molecule has 0 unspecified atom stereocenters. The molecule has 0 radical (unpaired) electrons. The Morgan fingerprint density at radius 2 is 0.661 bits per heavy atom. The third-order valence-corrected chi connectivity index (χ3v) is 13.6. The minimum atomic E-state index is -0.201. The Bertz CT molecular complexity index is 2700. The minimum absolute atomic E-state index is 0.201. The van der Waals surface area contributed by atoms with Gasteiger partial charge in [0.2, 0.25) is 0 Å². The Labute approximate surface area is 329 Å². The van der Waals surface area contributed by atoms with Crippen molar-refractivity contribution in [2.75, 3.05) is 9.80 Å². The molecule has 2 aliphatic carbocycles. The molecule has 2 heterocycles. The fourth-order valence-corrected chi connectivity index (χ4v) is 10.9. The lowest BCUT2D eigenvalue weighted by Gasteiger charge is -2.42. The van der Waals surface area contributed by atoms with Crippen molar-refractivity contribution in [3.63, 3.8) is 0 Å². The Hall–Kier alpha value is -6.38. The summed E-state index contributed by atoms with van der Waals surface area (Å²) in [5, 5.41) is 2.83. The third kappa shape index (κ3) is 4.17. The lowest BCUT2D eigenvalue weighted by Crippen LogP contribution is -2.28. The molecule has 0 saturated carbocycles. The topological polar surface area (TPSA) is 6.48 Å². The summed E-state index contributed by atoms with van der Waals surface area (Å²) in [5.41, 5.74) is 23.6. The fourth-order valence-electron chi connectivity index (χ4n) is 10.9. The van der Waals surface area contributed by atoms with Crippen LogP contribution in [0.15, 0.2) is 158 Å². The van der Waals surface area contributed by atoms with Crippen molar-refractivity contribution in [1.29, 1.82) is 0 Å². The normalized spacial score (nSPS) is 15.9. The Morgan fingerprint density at radius 1 is 0.339 bits per heavy atom. The van der Waals surface area contributed by atoms with E-state index < -0.39 is 0 Å². The van der Waals surface area contributed by atoms with E-state index in [0.717, 1.165) is 12.8 Å². The number of hydrogen-bond donors (Lipinski definition) is 0. The van der Waals surface area contributed by atoms with Crippen molar-refractivity contribution in [2.45, 2.75) is 51.4 Å². The first-order chi connectivity index (χ1) is 27.3. The smallest absolute Gasteiger partial charge is 0.0497 e. The first-order valence-electron chi connectivity index (χ1n) is 20.1. The van der Waals surface area contributed by atoms with Crippen LogP contribution < -0.4 is 9.80 Å². The van der Waals surface area contributed by atoms with Crippen molar-refractivity contribution in [3.8, 4) is 22.3 Å². The van der Waals surface area contributed by atoms with Gasteiger partial charge in [0, 0.05) is 57.8 Å². The van der Waals surface area contributed by atoms with Gasteiger partial charge < -0.3 is 9.80 Å². The summed E-state index contributed by atoms with van der Waals surface area (Å²) in [6.07, 6.45) is 1.92. The zero-order chi connectivity index (χ0) is 37.5. The molecule has 4 aliphatic rings. The molecule has 12 rings (SSSR count). The second kappa shape index (κ2) is 11.1. The second-order valence-corrected chi connectivity index (χ2v) is 17.3. The Balaban J connectivity index is 1.03. The van der Waals surface area contributed by atoms with Crippen LogP contribution >= 0.6 is 0 Å². The number of para-hydroxylation sites is 4. The van der Waals surface area contributed by atoms with Crippen molar-refractivity contribution in [1.82, 2.24) is 0 Å². The van der Waals surface area contributed by atoms with Gasteiger partial charge >= 0.3 is 0 Å². The van der Waals surface area contributed by atoms with Gasteiger partial charge in [0.25, 0.3) is 0 Å². The standard InChI is InChI=1S/C54H42N2/c1-53(2)43-27-28-44-52-42(40-24-22-38(32-46(40)54(44,3)4)56-49-19-11-7-15-35(49)30-36-16-8-12-20-50(36)56)26-25-41(51(43)52)39-23-21-37(31-45(39)53)55-47-17-9-5-13-33(47)29-34-14-6-10-18-48(34)55/h5-28,31-32H,29-30H2,1-4H3. The molecular weight excluding hydrogens is 677 g/mol. The molecule has 0 N–H and O–H groups in total. The van der Waals surface area contributed by atoms with Gasteiger partial charge in [0.15, 0.2) is 0 Å². The van der Waals surface area contributed by atoms with E-state index in [9.17, 15) is 0 Å². The van der Waals surface area contributed by atoms with Gasteiger partial charge in [-0.25, -0.2) is 0 Å². The van der Waals surface area contributed by atoms with Gasteiger partial charge in [0.1, 0.15) is 0 Å². The number of benzene rings is 8. The molecule has 0 bridgehead atoms. The van der Waals surface area contributed by atoms with E-state index in [1.54, 1.807) is 0 Å². The molecule has 0 aromatic heterocycles. The second-order valence-electron chi connectivity index (χ2n) is 17.3. The highest BCUT2D eigenvalue weighted by Crippen LogP contribution is 2.58. The molecule has 2 nitrogen and oxygen atoms in total. The summed E-state index contributed by atoms with van der Waals surface area (Å²) in [4.78, 5) is 4.96. The largest absolute Gasteiger partial charge is 0.310 e. The molecule has 8 aromatic carbocycles. The third-order valence-electron chi connectivity index (χ3n) is 13.6. The zero-order valence-electron chi connectivity index (χ0n) is 32.3. The molecule has 8 aromatic rings. The van der Waals surface area contributed by atoms with Gasteiger partial charge in [-0.05, 0) is 126 Å². The van der Waals surface area contributed by atoms with Gasteiger partial charge in [-0.2, -0.15) is 0 Å². The predicted molar refractivity (Wildman–Crippen MR) is 234 cm³/mol. The van der Waals surface area contributed by atoms with E-state index in [2.05, 4.69) is 195 Å². The highest BCUT2D eigenvalue weighted by atomic mass is 15.2. The quantitative estimate of drug-likeness (QED) is 0.176. The molecule has 0 spiro atoms. The van der Waals surface area contributed by atoms with Crippen LogP contribution in [0.4, 0.5) is 34.1 Å². The van der Waals surface area contributed by atoms with Crippen LogP contribution in [0.3, 0.4) is 0 Å². The highest BCUT2D eigenvalue weighted by molar-refractivity contribution is 6.13. The molecule has 0 fully saturated rings. The zero-order valence-corrected chi connectivity index (χ0v) is 32.3. The Morgan fingerprint density at radius 3 is 1.02 bits per heavy atom. The molecule has 268 valence electrons. The first-order valence-corrected chi connectivity index (χ1v) is 20.1. The summed E-state index contributed by atoms with van der Waals surface area (Å²) in [7, 11) is 0. The lowest BCUT2D eigenvalue weighted by atomic mass is 9.63. The average molecular weight is 719 g/mol.